The van der Waals surface area contributed by atoms with E-state index in [1.54, 1.807) is 25.3 Å². The van der Waals surface area contributed by atoms with E-state index < -0.39 is 0 Å². The number of hydrogen-bond donors (Lipinski definition) is 3. The van der Waals surface area contributed by atoms with Gasteiger partial charge in [0.1, 0.15) is 5.82 Å². The fourth-order valence-electron chi connectivity index (χ4n) is 1.90. The Hall–Kier alpha value is -2.34. The first kappa shape index (κ1) is 16.0. The zero-order valence-corrected chi connectivity index (χ0v) is 12.9. The number of hydrogen-bond acceptors (Lipinski definition) is 3. The van der Waals surface area contributed by atoms with E-state index in [1.165, 1.54) is 6.08 Å². The number of halogens is 1. The van der Waals surface area contributed by atoms with Crippen LogP contribution in [-0.2, 0) is 16.0 Å². The molecule has 2 amide bonds. The minimum Gasteiger partial charge on any atom is -0.356 e. The quantitative estimate of drug-likeness (QED) is 0.706. The summed E-state index contributed by atoms with van der Waals surface area (Å²) in [4.78, 5) is 30.2. The SMILES string of the molecule is CNC(=O)C=CCNC(=O)CCc1nc2ccc(Cl)cc2[nH]1. The van der Waals surface area contributed by atoms with Crippen LogP contribution in [0.3, 0.4) is 0 Å². The van der Waals surface area contributed by atoms with Crippen molar-refractivity contribution in [1.29, 1.82) is 0 Å². The van der Waals surface area contributed by atoms with Gasteiger partial charge in [-0.2, -0.15) is 0 Å². The van der Waals surface area contributed by atoms with Crippen molar-refractivity contribution in [3.8, 4) is 0 Å². The minimum atomic E-state index is -0.199. The fourth-order valence-corrected chi connectivity index (χ4v) is 2.07. The van der Waals surface area contributed by atoms with E-state index in [2.05, 4.69) is 20.6 Å². The number of carbonyl (C=O) groups is 2. The molecule has 0 aliphatic carbocycles. The monoisotopic (exact) mass is 320 g/mol. The number of aromatic nitrogens is 2. The van der Waals surface area contributed by atoms with Crippen molar-refractivity contribution in [2.45, 2.75) is 12.8 Å². The molecule has 0 unspecified atom stereocenters. The molecule has 3 N–H and O–H groups in total. The highest BCUT2D eigenvalue weighted by Crippen LogP contribution is 2.17. The van der Waals surface area contributed by atoms with Gasteiger partial charge in [-0.25, -0.2) is 4.98 Å². The third kappa shape index (κ3) is 4.60. The molecule has 0 saturated heterocycles. The van der Waals surface area contributed by atoms with Crippen LogP contribution in [0.25, 0.3) is 11.0 Å². The number of nitrogens with zero attached hydrogens (tertiary/aromatic N) is 1. The van der Waals surface area contributed by atoms with Gasteiger partial charge in [-0.15, -0.1) is 0 Å². The van der Waals surface area contributed by atoms with Crippen LogP contribution in [-0.4, -0.2) is 35.4 Å². The van der Waals surface area contributed by atoms with Gasteiger partial charge < -0.3 is 15.6 Å². The Morgan fingerprint density at radius 2 is 2.23 bits per heavy atom. The van der Waals surface area contributed by atoms with Crippen LogP contribution in [0.2, 0.25) is 5.02 Å². The minimum absolute atomic E-state index is 0.0972. The molecule has 116 valence electrons. The summed E-state index contributed by atoms with van der Waals surface area (Å²) in [6, 6.07) is 5.42. The largest absolute Gasteiger partial charge is 0.356 e. The summed E-state index contributed by atoms with van der Waals surface area (Å²) in [5.74, 6) is 0.448. The van der Waals surface area contributed by atoms with E-state index in [4.69, 9.17) is 11.6 Å². The van der Waals surface area contributed by atoms with Gasteiger partial charge in [0.15, 0.2) is 0 Å². The molecule has 2 rings (SSSR count). The molecule has 2 aromatic rings. The van der Waals surface area contributed by atoms with Crippen molar-refractivity contribution in [1.82, 2.24) is 20.6 Å². The Labute approximate surface area is 132 Å². The number of H-pyrrole nitrogens is 1. The summed E-state index contributed by atoms with van der Waals surface area (Å²) >= 11 is 5.91. The van der Waals surface area contributed by atoms with Crippen molar-refractivity contribution in [2.75, 3.05) is 13.6 Å². The van der Waals surface area contributed by atoms with Crippen molar-refractivity contribution in [3.05, 3.63) is 41.2 Å². The molecule has 22 heavy (non-hydrogen) atoms. The lowest BCUT2D eigenvalue weighted by atomic mass is 10.3. The zero-order chi connectivity index (χ0) is 15.9. The van der Waals surface area contributed by atoms with E-state index in [0.717, 1.165) is 16.9 Å². The van der Waals surface area contributed by atoms with E-state index in [1.807, 2.05) is 6.07 Å². The van der Waals surface area contributed by atoms with E-state index in [0.29, 0.717) is 24.4 Å². The fraction of sp³-hybridized carbons (Fsp3) is 0.267. The molecule has 0 fully saturated rings. The molecule has 0 saturated carbocycles. The molecule has 0 bridgehead atoms. The highest BCUT2D eigenvalue weighted by atomic mass is 35.5. The predicted octanol–water partition coefficient (Wildman–Crippen LogP) is 1.57. The van der Waals surface area contributed by atoms with Gasteiger partial charge in [0.2, 0.25) is 11.8 Å². The summed E-state index contributed by atoms with van der Waals surface area (Å²) in [7, 11) is 1.55. The molecule has 1 aromatic carbocycles. The van der Waals surface area contributed by atoms with Gasteiger partial charge in [0.05, 0.1) is 11.0 Å². The highest BCUT2D eigenvalue weighted by molar-refractivity contribution is 6.31. The van der Waals surface area contributed by atoms with Gasteiger partial charge in [0.25, 0.3) is 0 Å². The summed E-state index contributed by atoms with van der Waals surface area (Å²) < 4.78 is 0. The van der Waals surface area contributed by atoms with Gasteiger partial charge in [-0.3, -0.25) is 9.59 Å². The summed E-state index contributed by atoms with van der Waals surface area (Å²) in [5, 5.41) is 5.80. The number of nitrogens with one attached hydrogen (secondary N) is 3. The van der Waals surface area contributed by atoms with Gasteiger partial charge in [-0.1, -0.05) is 17.7 Å². The standard InChI is InChI=1S/C15H17ClN4O2/c1-17-14(21)3-2-8-18-15(22)7-6-13-19-11-5-4-10(16)9-12(11)20-13/h2-5,9H,6-8H2,1H3,(H,17,21)(H,18,22)(H,19,20). The van der Waals surface area contributed by atoms with E-state index >= 15 is 0 Å². The Balaban J connectivity index is 1.80. The third-order valence-electron chi connectivity index (χ3n) is 3.01. The molecule has 0 aliphatic rings. The van der Waals surface area contributed by atoms with Crippen molar-refractivity contribution >= 4 is 34.4 Å². The number of carbonyl (C=O) groups excluding carboxylic acids is 2. The lowest BCUT2D eigenvalue weighted by Gasteiger charge is -2.00. The van der Waals surface area contributed by atoms with Crippen LogP contribution >= 0.6 is 11.6 Å². The van der Waals surface area contributed by atoms with Crippen LogP contribution in [0.4, 0.5) is 0 Å². The Bertz CT molecular complexity index is 709. The number of amides is 2. The second kappa shape index (κ2) is 7.61. The topological polar surface area (TPSA) is 86.9 Å². The lowest BCUT2D eigenvalue weighted by Crippen LogP contribution is -2.24. The number of fused-ring (bicyclic) bond motifs is 1. The van der Waals surface area contributed by atoms with Crippen LogP contribution in [0.5, 0.6) is 0 Å². The summed E-state index contributed by atoms with van der Waals surface area (Å²) in [6.07, 6.45) is 3.81. The Morgan fingerprint density at radius 1 is 1.41 bits per heavy atom. The number of aromatic amines is 1. The molecule has 1 aromatic heterocycles. The second-order valence-electron chi connectivity index (χ2n) is 4.67. The first-order valence-corrected chi connectivity index (χ1v) is 7.25. The maximum atomic E-state index is 11.7. The number of likely N-dealkylation sites (N-methyl/N-ethyl adjacent to an activating group) is 1. The molecule has 7 heteroatoms. The lowest BCUT2D eigenvalue weighted by molar-refractivity contribution is -0.121. The zero-order valence-electron chi connectivity index (χ0n) is 12.1. The summed E-state index contributed by atoms with van der Waals surface area (Å²) in [6.45, 7) is 0.321. The van der Waals surface area contributed by atoms with Crippen LogP contribution in [0, 0.1) is 0 Å². The van der Waals surface area contributed by atoms with Gasteiger partial charge >= 0.3 is 0 Å². The van der Waals surface area contributed by atoms with Crippen molar-refractivity contribution < 1.29 is 9.59 Å². The van der Waals surface area contributed by atoms with E-state index in [-0.39, 0.29) is 11.8 Å². The van der Waals surface area contributed by atoms with Crippen LogP contribution in [0.15, 0.2) is 30.4 Å². The number of rotatable bonds is 6. The van der Waals surface area contributed by atoms with Gasteiger partial charge in [0, 0.05) is 37.5 Å². The molecule has 6 nitrogen and oxygen atoms in total. The van der Waals surface area contributed by atoms with Crippen molar-refractivity contribution in [2.24, 2.45) is 0 Å². The Morgan fingerprint density at radius 3 is 3.00 bits per heavy atom. The Kier molecular flexibility index (Phi) is 5.55. The first-order valence-electron chi connectivity index (χ1n) is 6.87. The van der Waals surface area contributed by atoms with Crippen LogP contribution in [0.1, 0.15) is 12.2 Å². The molecule has 0 aliphatic heterocycles. The van der Waals surface area contributed by atoms with Gasteiger partial charge in [-0.05, 0) is 18.2 Å². The molecule has 0 spiro atoms. The van der Waals surface area contributed by atoms with Crippen LogP contribution < -0.4 is 10.6 Å². The predicted molar refractivity (Wildman–Crippen MR) is 85.6 cm³/mol. The average molecular weight is 321 g/mol. The number of benzene rings is 1. The first-order chi connectivity index (χ1) is 10.6. The third-order valence-corrected chi connectivity index (χ3v) is 3.25. The smallest absolute Gasteiger partial charge is 0.243 e. The molecular weight excluding hydrogens is 304 g/mol. The normalized spacial score (nSPS) is 11.0. The highest BCUT2D eigenvalue weighted by Gasteiger charge is 2.06. The molecule has 1 heterocycles. The number of imidazole rings is 1. The van der Waals surface area contributed by atoms with Crippen molar-refractivity contribution in [3.63, 3.8) is 0 Å². The number of aryl methyl sites for hydroxylation is 1. The average Bonchev–Trinajstić information content (AvgIpc) is 2.91. The maximum Gasteiger partial charge on any atom is 0.243 e. The summed E-state index contributed by atoms with van der Waals surface area (Å²) in [5.41, 5.74) is 1.68. The maximum absolute atomic E-state index is 11.7. The van der Waals surface area contributed by atoms with E-state index in [9.17, 15) is 9.59 Å². The second-order valence-corrected chi connectivity index (χ2v) is 5.10. The molecular formula is C15H17ClN4O2. The molecule has 0 atom stereocenters. The molecule has 0 radical (unpaired) electrons.